The summed E-state index contributed by atoms with van der Waals surface area (Å²) in [6.07, 6.45) is 10.5. The first-order valence-corrected chi connectivity index (χ1v) is 9.02. The maximum Gasteiger partial charge on any atom is 0.319 e. The minimum atomic E-state index is -0.0879. The summed E-state index contributed by atoms with van der Waals surface area (Å²) in [6.45, 7) is 4.02. The Morgan fingerprint density at radius 2 is 2.17 bits per heavy atom. The van der Waals surface area contributed by atoms with Gasteiger partial charge in [0.1, 0.15) is 0 Å². The summed E-state index contributed by atoms with van der Waals surface area (Å²) in [5, 5.41) is 0. The molecule has 3 saturated heterocycles. The van der Waals surface area contributed by atoms with Crippen molar-refractivity contribution in [2.75, 3.05) is 33.3 Å². The SMILES string of the molecule is Br.COC(=O)CN1CCCC2=C[C@H]3C[C@H](CN4CCCC[C@H]34)[C@@H]21. The van der Waals surface area contributed by atoms with E-state index in [9.17, 15) is 4.79 Å². The van der Waals surface area contributed by atoms with Gasteiger partial charge < -0.3 is 4.74 Å². The summed E-state index contributed by atoms with van der Waals surface area (Å²) in [7, 11) is 1.50. The van der Waals surface area contributed by atoms with Crippen LogP contribution in [0.4, 0.5) is 0 Å². The number of hydrogen-bond donors (Lipinski definition) is 0. The number of carbonyl (C=O) groups excluding carboxylic acids is 1. The third kappa shape index (κ3) is 3.24. The molecule has 4 atom stereocenters. The van der Waals surface area contributed by atoms with Crippen molar-refractivity contribution in [2.45, 2.75) is 50.6 Å². The standard InChI is InChI=1S/C18H28N2O2.BrH/c1-22-17(21)12-20-8-4-5-13-9-14-10-15(18(13)20)11-19-7-3-2-6-16(14)19;/h9,14-16,18H,2-8,10-12H2,1H3;1H/t14-,15+,16+,18+;/m0./s1. The van der Waals surface area contributed by atoms with Crippen LogP contribution in [0.3, 0.4) is 0 Å². The minimum Gasteiger partial charge on any atom is -0.468 e. The van der Waals surface area contributed by atoms with E-state index in [0.29, 0.717) is 18.5 Å². The van der Waals surface area contributed by atoms with Gasteiger partial charge in [0.25, 0.3) is 0 Å². The first-order valence-electron chi connectivity index (χ1n) is 9.02. The fraction of sp³-hybridized carbons (Fsp3) is 0.833. The normalized spacial score (nSPS) is 37.0. The number of esters is 1. The lowest BCUT2D eigenvalue weighted by molar-refractivity contribution is -0.143. The van der Waals surface area contributed by atoms with Crippen molar-refractivity contribution in [3.8, 4) is 0 Å². The van der Waals surface area contributed by atoms with Crippen molar-refractivity contribution in [3.05, 3.63) is 11.6 Å². The highest BCUT2D eigenvalue weighted by molar-refractivity contribution is 8.93. The van der Waals surface area contributed by atoms with Gasteiger partial charge in [-0.2, -0.15) is 0 Å². The van der Waals surface area contributed by atoms with Crippen molar-refractivity contribution >= 4 is 23.0 Å². The second-order valence-electron chi connectivity index (χ2n) is 7.55. The van der Waals surface area contributed by atoms with Gasteiger partial charge in [-0.3, -0.25) is 14.6 Å². The molecule has 1 aliphatic carbocycles. The second kappa shape index (κ2) is 7.24. The van der Waals surface area contributed by atoms with E-state index in [1.165, 1.54) is 58.7 Å². The highest BCUT2D eigenvalue weighted by atomic mass is 79.9. The van der Waals surface area contributed by atoms with Gasteiger partial charge in [0.15, 0.2) is 0 Å². The lowest BCUT2D eigenvalue weighted by Crippen LogP contribution is -2.59. The van der Waals surface area contributed by atoms with E-state index in [4.69, 9.17) is 4.74 Å². The van der Waals surface area contributed by atoms with Crippen LogP contribution in [0, 0.1) is 11.8 Å². The van der Waals surface area contributed by atoms with Crippen LogP contribution in [-0.4, -0.2) is 61.1 Å². The molecule has 23 heavy (non-hydrogen) atoms. The van der Waals surface area contributed by atoms with Crippen molar-refractivity contribution in [1.29, 1.82) is 0 Å². The summed E-state index contributed by atoms with van der Waals surface area (Å²) >= 11 is 0. The molecule has 0 saturated carbocycles. The average Bonchev–Trinajstić information content (AvgIpc) is 2.55. The molecule has 0 aromatic carbocycles. The fourth-order valence-corrected chi connectivity index (χ4v) is 5.49. The summed E-state index contributed by atoms with van der Waals surface area (Å²) in [5.41, 5.74) is 1.63. The predicted octanol–water partition coefficient (Wildman–Crippen LogP) is 2.63. The first kappa shape index (κ1) is 17.4. The van der Waals surface area contributed by atoms with E-state index in [1.807, 2.05) is 0 Å². The second-order valence-corrected chi connectivity index (χ2v) is 7.55. The van der Waals surface area contributed by atoms with Crippen molar-refractivity contribution in [1.82, 2.24) is 9.80 Å². The Morgan fingerprint density at radius 3 is 3.00 bits per heavy atom. The van der Waals surface area contributed by atoms with Gasteiger partial charge in [0.05, 0.1) is 13.7 Å². The van der Waals surface area contributed by atoms with Crippen LogP contribution in [-0.2, 0) is 9.53 Å². The number of carbonyl (C=O) groups is 1. The summed E-state index contributed by atoms with van der Waals surface area (Å²) in [6, 6.07) is 1.29. The van der Waals surface area contributed by atoms with Crippen LogP contribution >= 0.6 is 17.0 Å². The van der Waals surface area contributed by atoms with Crippen LogP contribution in [0.2, 0.25) is 0 Å². The number of methoxy groups -OCH3 is 1. The lowest BCUT2D eigenvalue weighted by atomic mass is 9.68. The molecule has 130 valence electrons. The van der Waals surface area contributed by atoms with Gasteiger partial charge in [0, 0.05) is 18.6 Å². The first-order chi connectivity index (χ1) is 10.8. The number of ether oxygens (including phenoxy) is 1. The Balaban J connectivity index is 0.00000156. The molecular formula is C18H29BrN2O2. The molecule has 0 unspecified atom stereocenters. The minimum absolute atomic E-state index is 0. The number of hydrogen-bond acceptors (Lipinski definition) is 4. The van der Waals surface area contributed by atoms with Gasteiger partial charge >= 0.3 is 5.97 Å². The maximum atomic E-state index is 11.8. The van der Waals surface area contributed by atoms with Crippen LogP contribution in [0.5, 0.6) is 0 Å². The number of fused-ring (bicyclic) bond motifs is 6. The summed E-state index contributed by atoms with van der Waals surface area (Å²) in [5.74, 6) is 1.39. The molecule has 2 bridgehead atoms. The number of rotatable bonds is 2. The summed E-state index contributed by atoms with van der Waals surface area (Å²) < 4.78 is 4.91. The third-order valence-corrected chi connectivity index (χ3v) is 6.32. The molecule has 5 heteroatoms. The molecule has 0 radical (unpaired) electrons. The predicted molar refractivity (Wildman–Crippen MR) is 95.8 cm³/mol. The molecule has 0 amide bonds. The monoisotopic (exact) mass is 384 g/mol. The van der Waals surface area contributed by atoms with Gasteiger partial charge in [-0.25, -0.2) is 0 Å². The zero-order chi connectivity index (χ0) is 15.1. The molecular weight excluding hydrogens is 356 g/mol. The van der Waals surface area contributed by atoms with Crippen LogP contribution in [0.25, 0.3) is 0 Å². The number of nitrogens with zero attached hydrogens (tertiary/aromatic N) is 2. The van der Waals surface area contributed by atoms with Crippen molar-refractivity contribution < 1.29 is 9.53 Å². The van der Waals surface area contributed by atoms with E-state index < -0.39 is 0 Å². The zero-order valence-electron chi connectivity index (χ0n) is 14.1. The van der Waals surface area contributed by atoms with Gasteiger partial charge in [0.2, 0.25) is 0 Å². The number of likely N-dealkylation sites (tertiary alicyclic amines) is 1. The zero-order valence-corrected chi connectivity index (χ0v) is 15.8. The third-order valence-electron chi connectivity index (χ3n) is 6.32. The largest absolute Gasteiger partial charge is 0.468 e. The average molecular weight is 385 g/mol. The Hall–Kier alpha value is -0.390. The molecule has 4 rings (SSSR count). The topological polar surface area (TPSA) is 32.8 Å². The van der Waals surface area contributed by atoms with E-state index >= 15 is 0 Å². The Morgan fingerprint density at radius 1 is 1.30 bits per heavy atom. The molecule has 3 heterocycles. The quantitative estimate of drug-likeness (QED) is 0.541. The fourth-order valence-electron chi connectivity index (χ4n) is 5.49. The maximum absolute atomic E-state index is 11.8. The lowest BCUT2D eigenvalue weighted by Gasteiger charge is -2.54. The van der Waals surface area contributed by atoms with Crippen LogP contribution in [0.1, 0.15) is 38.5 Å². The van der Waals surface area contributed by atoms with Crippen LogP contribution in [0.15, 0.2) is 11.6 Å². The number of piperidine rings is 3. The van der Waals surface area contributed by atoms with E-state index in [2.05, 4.69) is 15.9 Å². The summed E-state index contributed by atoms with van der Waals surface area (Å²) in [4.78, 5) is 16.9. The van der Waals surface area contributed by atoms with Gasteiger partial charge in [-0.15, -0.1) is 17.0 Å². The van der Waals surface area contributed by atoms with Gasteiger partial charge in [-0.1, -0.05) is 18.1 Å². The Bertz CT molecular complexity index is 482. The molecule has 3 aliphatic heterocycles. The molecule has 3 fully saturated rings. The highest BCUT2D eigenvalue weighted by Gasteiger charge is 2.46. The van der Waals surface area contributed by atoms with E-state index in [0.717, 1.165) is 18.5 Å². The highest BCUT2D eigenvalue weighted by Crippen LogP contribution is 2.44. The Kier molecular flexibility index (Phi) is 5.49. The molecule has 4 nitrogen and oxygen atoms in total. The Labute approximate surface area is 150 Å². The van der Waals surface area contributed by atoms with E-state index in [1.54, 1.807) is 5.57 Å². The molecule has 0 N–H and O–H groups in total. The smallest absolute Gasteiger partial charge is 0.319 e. The molecule has 0 aromatic rings. The number of halogens is 1. The van der Waals surface area contributed by atoms with Crippen LogP contribution < -0.4 is 0 Å². The molecule has 0 aromatic heterocycles. The molecule has 0 spiro atoms. The van der Waals surface area contributed by atoms with Crippen molar-refractivity contribution in [2.24, 2.45) is 11.8 Å². The van der Waals surface area contributed by atoms with Gasteiger partial charge in [-0.05, 0) is 57.0 Å². The van der Waals surface area contributed by atoms with Crippen molar-refractivity contribution in [3.63, 3.8) is 0 Å². The molecule has 4 aliphatic rings. The van der Waals surface area contributed by atoms with E-state index in [-0.39, 0.29) is 23.0 Å².